The average molecular weight is 141 g/mol. The highest BCUT2D eigenvalue weighted by Crippen LogP contribution is 1.99. The first-order chi connectivity index (χ1) is 4.77. The number of allylic oxidation sites excluding steroid dienone is 2. The fourth-order valence-corrected chi connectivity index (χ4v) is 0.842. The molecule has 0 aromatic carbocycles. The molecule has 0 saturated heterocycles. The molecule has 0 rings (SSSR count). The second-order valence-corrected chi connectivity index (χ2v) is 2.79. The molecule has 0 aliphatic heterocycles. The van der Waals surface area contributed by atoms with E-state index in [1.165, 1.54) is 12.8 Å². The van der Waals surface area contributed by atoms with E-state index in [-0.39, 0.29) is 0 Å². The van der Waals surface area contributed by atoms with Gasteiger partial charge in [-0.2, -0.15) is 0 Å². The van der Waals surface area contributed by atoms with Crippen molar-refractivity contribution in [2.75, 3.05) is 0 Å². The summed E-state index contributed by atoms with van der Waals surface area (Å²) in [6, 6.07) is 0.370. The average Bonchev–Trinajstić information content (AvgIpc) is 1.87. The van der Waals surface area contributed by atoms with Crippen molar-refractivity contribution in [3.8, 4) is 0 Å². The van der Waals surface area contributed by atoms with Crippen molar-refractivity contribution < 1.29 is 0 Å². The summed E-state index contributed by atoms with van der Waals surface area (Å²) in [5.74, 6) is 0. The molecule has 10 heavy (non-hydrogen) atoms. The third kappa shape index (κ3) is 7.70. The van der Waals surface area contributed by atoms with Gasteiger partial charge in [0, 0.05) is 6.04 Å². The Morgan fingerprint density at radius 2 is 2.10 bits per heavy atom. The van der Waals surface area contributed by atoms with Gasteiger partial charge in [-0.05, 0) is 32.6 Å². The maximum absolute atomic E-state index is 5.58. The van der Waals surface area contributed by atoms with Gasteiger partial charge in [-0.15, -0.1) is 0 Å². The van der Waals surface area contributed by atoms with Crippen molar-refractivity contribution >= 4 is 0 Å². The highest BCUT2D eigenvalue weighted by Gasteiger charge is 1.90. The number of hydrogen-bond donors (Lipinski definition) is 1. The van der Waals surface area contributed by atoms with E-state index in [4.69, 9.17) is 5.73 Å². The molecule has 0 aliphatic rings. The Hall–Kier alpha value is -0.300. The summed E-state index contributed by atoms with van der Waals surface area (Å²) in [5.41, 5.74) is 5.58. The van der Waals surface area contributed by atoms with E-state index in [1.807, 2.05) is 0 Å². The van der Waals surface area contributed by atoms with Gasteiger partial charge in [0.25, 0.3) is 0 Å². The van der Waals surface area contributed by atoms with E-state index in [0.29, 0.717) is 6.04 Å². The van der Waals surface area contributed by atoms with Crippen LogP contribution in [0.5, 0.6) is 0 Å². The Morgan fingerprint density at radius 1 is 1.40 bits per heavy atom. The quantitative estimate of drug-likeness (QED) is 0.462. The lowest BCUT2D eigenvalue weighted by Crippen LogP contribution is -2.13. The molecule has 0 fully saturated rings. The molecule has 0 heterocycles. The Bertz CT molecular complexity index is 84.7. The molecule has 1 unspecified atom stereocenters. The minimum Gasteiger partial charge on any atom is -0.328 e. The molecule has 0 bridgehead atoms. The lowest BCUT2D eigenvalue weighted by Gasteiger charge is -2.00. The van der Waals surface area contributed by atoms with Gasteiger partial charge in [-0.1, -0.05) is 19.1 Å². The minimum absolute atomic E-state index is 0.370. The summed E-state index contributed by atoms with van der Waals surface area (Å²) in [6.07, 6.45) is 9.17. The fourth-order valence-electron chi connectivity index (χ4n) is 0.842. The van der Waals surface area contributed by atoms with E-state index in [9.17, 15) is 0 Å². The van der Waals surface area contributed by atoms with Crippen LogP contribution in [0.4, 0.5) is 0 Å². The Balaban J connectivity index is 2.97. The van der Waals surface area contributed by atoms with Crippen molar-refractivity contribution in [1.29, 1.82) is 0 Å². The number of hydrogen-bond acceptors (Lipinski definition) is 1. The molecule has 60 valence electrons. The zero-order valence-electron chi connectivity index (χ0n) is 7.14. The van der Waals surface area contributed by atoms with Crippen molar-refractivity contribution in [2.45, 2.75) is 45.6 Å². The molecule has 0 aromatic heterocycles. The Kier molecular flexibility index (Phi) is 6.61. The number of rotatable bonds is 5. The van der Waals surface area contributed by atoms with Gasteiger partial charge in [0.05, 0.1) is 0 Å². The predicted molar refractivity (Wildman–Crippen MR) is 46.9 cm³/mol. The Morgan fingerprint density at radius 3 is 2.60 bits per heavy atom. The highest BCUT2D eigenvalue weighted by molar-refractivity contribution is 4.79. The van der Waals surface area contributed by atoms with Crippen LogP contribution in [0.15, 0.2) is 12.2 Å². The van der Waals surface area contributed by atoms with Gasteiger partial charge in [0.1, 0.15) is 0 Å². The van der Waals surface area contributed by atoms with Crippen LogP contribution < -0.4 is 5.73 Å². The first-order valence-corrected chi connectivity index (χ1v) is 4.18. The zero-order chi connectivity index (χ0) is 7.82. The second-order valence-electron chi connectivity index (χ2n) is 2.79. The Labute approximate surface area is 64.3 Å². The SMILES string of the molecule is CCC=CCCCC(C)N. The van der Waals surface area contributed by atoms with E-state index >= 15 is 0 Å². The molecule has 1 atom stereocenters. The molecule has 0 spiro atoms. The molecule has 0 radical (unpaired) electrons. The van der Waals surface area contributed by atoms with Crippen molar-refractivity contribution in [3.63, 3.8) is 0 Å². The molecule has 1 heteroatoms. The third-order valence-electron chi connectivity index (χ3n) is 1.43. The van der Waals surface area contributed by atoms with Crippen LogP contribution >= 0.6 is 0 Å². The minimum atomic E-state index is 0.370. The lowest BCUT2D eigenvalue weighted by atomic mass is 10.1. The standard InChI is InChI=1S/C9H19N/c1-3-4-5-6-7-8-9(2)10/h4-5,9H,3,6-8,10H2,1-2H3. The zero-order valence-corrected chi connectivity index (χ0v) is 7.14. The summed E-state index contributed by atoms with van der Waals surface area (Å²) < 4.78 is 0. The molecular weight excluding hydrogens is 122 g/mol. The summed E-state index contributed by atoms with van der Waals surface area (Å²) in [5, 5.41) is 0. The topological polar surface area (TPSA) is 26.0 Å². The molecule has 0 aromatic rings. The molecule has 0 aliphatic carbocycles. The van der Waals surface area contributed by atoms with Gasteiger partial charge in [0.2, 0.25) is 0 Å². The second kappa shape index (κ2) is 6.81. The van der Waals surface area contributed by atoms with E-state index in [0.717, 1.165) is 12.8 Å². The van der Waals surface area contributed by atoms with Crippen LogP contribution in [-0.4, -0.2) is 6.04 Å². The molecule has 0 saturated carbocycles. The molecular formula is C9H19N. The maximum Gasteiger partial charge on any atom is 0.00105 e. The smallest absolute Gasteiger partial charge is 0.00105 e. The van der Waals surface area contributed by atoms with Crippen LogP contribution in [0.25, 0.3) is 0 Å². The van der Waals surface area contributed by atoms with Crippen LogP contribution in [0.2, 0.25) is 0 Å². The monoisotopic (exact) mass is 141 g/mol. The predicted octanol–water partition coefficient (Wildman–Crippen LogP) is 2.47. The largest absolute Gasteiger partial charge is 0.328 e. The van der Waals surface area contributed by atoms with Gasteiger partial charge in [-0.25, -0.2) is 0 Å². The summed E-state index contributed by atoms with van der Waals surface area (Å²) in [7, 11) is 0. The van der Waals surface area contributed by atoms with Crippen LogP contribution in [0.3, 0.4) is 0 Å². The normalized spacial score (nSPS) is 14.3. The summed E-state index contributed by atoms with van der Waals surface area (Å²) >= 11 is 0. The van der Waals surface area contributed by atoms with Crippen molar-refractivity contribution in [2.24, 2.45) is 5.73 Å². The van der Waals surface area contributed by atoms with Crippen LogP contribution in [0.1, 0.15) is 39.5 Å². The maximum atomic E-state index is 5.58. The van der Waals surface area contributed by atoms with E-state index in [2.05, 4.69) is 26.0 Å². The first-order valence-electron chi connectivity index (χ1n) is 4.18. The van der Waals surface area contributed by atoms with E-state index in [1.54, 1.807) is 0 Å². The van der Waals surface area contributed by atoms with Crippen molar-refractivity contribution in [1.82, 2.24) is 0 Å². The van der Waals surface area contributed by atoms with Crippen LogP contribution in [0, 0.1) is 0 Å². The van der Waals surface area contributed by atoms with Crippen molar-refractivity contribution in [3.05, 3.63) is 12.2 Å². The van der Waals surface area contributed by atoms with E-state index < -0.39 is 0 Å². The number of unbranched alkanes of at least 4 members (excludes halogenated alkanes) is 1. The molecule has 0 amide bonds. The van der Waals surface area contributed by atoms with Gasteiger partial charge in [0.15, 0.2) is 0 Å². The lowest BCUT2D eigenvalue weighted by molar-refractivity contribution is 0.630. The van der Waals surface area contributed by atoms with Gasteiger partial charge >= 0.3 is 0 Å². The third-order valence-corrected chi connectivity index (χ3v) is 1.43. The summed E-state index contributed by atoms with van der Waals surface area (Å²) in [4.78, 5) is 0. The molecule has 2 N–H and O–H groups in total. The molecule has 1 nitrogen and oxygen atoms in total. The number of nitrogens with two attached hydrogens (primary N) is 1. The van der Waals surface area contributed by atoms with Gasteiger partial charge < -0.3 is 5.73 Å². The summed E-state index contributed by atoms with van der Waals surface area (Å²) in [6.45, 7) is 4.21. The van der Waals surface area contributed by atoms with Crippen LogP contribution in [-0.2, 0) is 0 Å². The first kappa shape index (κ1) is 9.70. The highest BCUT2D eigenvalue weighted by atomic mass is 14.6. The fraction of sp³-hybridized carbons (Fsp3) is 0.778. The van der Waals surface area contributed by atoms with Gasteiger partial charge in [-0.3, -0.25) is 0 Å².